The number of amides is 1. The Labute approximate surface area is 175 Å². The van der Waals surface area contributed by atoms with Crippen LogP contribution in [0.4, 0.5) is 20.3 Å². The van der Waals surface area contributed by atoms with Crippen LogP contribution in [0.25, 0.3) is 0 Å². The molecule has 4 rings (SSSR count). The second-order valence-electron chi connectivity index (χ2n) is 8.55. The number of hydrogen-bond acceptors (Lipinski definition) is 5. The lowest BCUT2D eigenvalue weighted by Gasteiger charge is -2.24. The zero-order chi connectivity index (χ0) is 21.3. The third-order valence-electron chi connectivity index (χ3n) is 5.92. The number of carbonyl (C=O) groups is 1. The minimum atomic E-state index is -2.74. The first kappa shape index (κ1) is 20.6. The molecule has 1 N–H and O–H groups in total. The Morgan fingerprint density at radius 3 is 2.50 bits per heavy atom. The molecule has 1 amide bonds. The van der Waals surface area contributed by atoms with Gasteiger partial charge in [-0.25, -0.2) is 23.7 Å². The SMILES string of the molecule is CC(C)c1ncc(C(=O)Nc2c(C3CCCC3)ccnc2N2CCC(F)(F)C2)cn1. The molecular weight excluding hydrogens is 388 g/mol. The Morgan fingerprint density at radius 1 is 1.20 bits per heavy atom. The number of aromatic nitrogens is 3. The topological polar surface area (TPSA) is 71.0 Å². The molecule has 6 nitrogen and oxygen atoms in total. The minimum Gasteiger partial charge on any atom is -0.349 e. The quantitative estimate of drug-likeness (QED) is 0.763. The molecule has 0 spiro atoms. The van der Waals surface area contributed by atoms with E-state index in [1.807, 2.05) is 19.9 Å². The molecule has 2 fully saturated rings. The first-order chi connectivity index (χ1) is 14.3. The van der Waals surface area contributed by atoms with Crippen LogP contribution in [0.2, 0.25) is 0 Å². The molecule has 160 valence electrons. The molecular formula is C22H27F2N5O. The van der Waals surface area contributed by atoms with Gasteiger partial charge in [-0.15, -0.1) is 0 Å². The zero-order valence-corrected chi connectivity index (χ0v) is 17.4. The molecule has 2 aromatic rings. The maximum atomic E-state index is 13.9. The van der Waals surface area contributed by atoms with Crippen molar-refractivity contribution in [2.24, 2.45) is 0 Å². The highest BCUT2D eigenvalue weighted by Crippen LogP contribution is 2.42. The van der Waals surface area contributed by atoms with E-state index < -0.39 is 5.92 Å². The molecule has 8 heteroatoms. The molecule has 1 saturated carbocycles. The number of pyridine rings is 1. The lowest BCUT2D eigenvalue weighted by Crippen LogP contribution is -2.27. The predicted molar refractivity (Wildman–Crippen MR) is 111 cm³/mol. The number of rotatable bonds is 5. The summed E-state index contributed by atoms with van der Waals surface area (Å²) in [6, 6.07) is 1.90. The fourth-order valence-electron chi connectivity index (χ4n) is 4.27. The van der Waals surface area contributed by atoms with Gasteiger partial charge in [-0.1, -0.05) is 26.7 Å². The standard InChI is InChI=1S/C22H27F2N5O/c1-14(2)19-26-11-16(12-27-19)21(30)28-18-17(15-5-3-4-6-15)7-9-25-20(18)29-10-8-22(23,24)13-29/h7,9,11-12,14-15H,3-6,8,10,13H2,1-2H3,(H,28,30). The number of anilines is 2. The van der Waals surface area contributed by atoms with Gasteiger partial charge in [0.2, 0.25) is 0 Å². The van der Waals surface area contributed by atoms with Crippen molar-refractivity contribution < 1.29 is 13.6 Å². The summed E-state index contributed by atoms with van der Waals surface area (Å²) in [7, 11) is 0. The molecule has 0 atom stereocenters. The normalized spacial score (nSPS) is 18.9. The van der Waals surface area contributed by atoms with E-state index in [2.05, 4.69) is 20.3 Å². The van der Waals surface area contributed by atoms with E-state index >= 15 is 0 Å². The highest BCUT2D eigenvalue weighted by atomic mass is 19.3. The maximum Gasteiger partial charge on any atom is 0.266 e. The van der Waals surface area contributed by atoms with Crippen LogP contribution in [-0.2, 0) is 0 Å². The molecule has 1 aliphatic carbocycles. The van der Waals surface area contributed by atoms with Crippen LogP contribution >= 0.6 is 0 Å². The van der Waals surface area contributed by atoms with E-state index in [0.717, 1.165) is 31.2 Å². The minimum absolute atomic E-state index is 0.165. The van der Waals surface area contributed by atoms with Gasteiger partial charge in [0.05, 0.1) is 17.8 Å². The fourth-order valence-corrected chi connectivity index (χ4v) is 4.27. The molecule has 0 unspecified atom stereocenters. The van der Waals surface area contributed by atoms with Gasteiger partial charge < -0.3 is 10.2 Å². The third-order valence-corrected chi connectivity index (χ3v) is 5.92. The zero-order valence-electron chi connectivity index (χ0n) is 17.4. The lowest BCUT2D eigenvalue weighted by atomic mass is 9.96. The molecule has 2 aromatic heterocycles. The maximum absolute atomic E-state index is 13.9. The van der Waals surface area contributed by atoms with E-state index in [1.54, 1.807) is 11.1 Å². The highest BCUT2D eigenvalue weighted by Gasteiger charge is 2.40. The summed E-state index contributed by atoms with van der Waals surface area (Å²) in [6.45, 7) is 3.79. The molecule has 1 aliphatic heterocycles. The van der Waals surface area contributed by atoms with Crippen LogP contribution in [0, 0.1) is 0 Å². The van der Waals surface area contributed by atoms with Crippen LogP contribution in [-0.4, -0.2) is 39.9 Å². The first-order valence-electron chi connectivity index (χ1n) is 10.6. The van der Waals surface area contributed by atoms with Crippen molar-refractivity contribution >= 4 is 17.4 Å². The van der Waals surface area contributed by atoms with E-state index in [-0.39, 0.29) is 31.3 Å². The summed E-state index contributed by atoms with van der Waals surface area (Å²) in [6.07, 6.45) is 8.77. The van der Waals surface area contributed by atoms with Crippen molar-refractivity contribution in [3.63, 3.8) is 0 Å². The highest BCUT2D eigenvalue weighted by molar-refractivity contribution is 6.06. The summed E-state index contributed by atoms with van der Waals surface area (Å²) in [4.78, 5) is 27.5. The van der Waals surface area contributed by atoms with Crippen molar-refractivity contribution in [2.45, 2.75) is 63.7 Å². The molecule has 0 aromatic carbocycles. The number of carbonyl (C=O) groups excluding carboxylic acids is 1. The summed E-state index contributed by atoms with van der Waals surface area (Å²) < 4.78 is 27.7. The summed E-state index contributed by atoms with van der Waals surface area (Å²) >= 11 is 0. The van der Waals surface area contributed by atoms with Gasteiger partial charge in [0.15, 0.2) is 5.82 Å². The monoisotopic (exact) mass is 415 g/mol. The molecule has 30 heavy (non-hydrogen) atoms. The smallest absolute Gasteiger partial charge is 0.266 e. The Balaban J connectivity index is 1.66. The van der Waals surface area contributed by atoms with Crippen molar-refractivity contribution in [2.75, 3.05) is 23.3 Å². The average Bonchev–Trinajstić information content (AvgIpc) is 3.37. The van der Waals surface area contributed by atoms with Crippen molar-refractivity contribution in [1.82, 2.24) is 15.0 Å². The van der Waals surface area contributed by atoms with Gasteiger partial charge in [-0.05, 0) is 30.4 Å². The van der Waals surface area contributed by atoms with E-state index in [4.69, 9.17) is 0 Å². The Kier molecular flexibility index (Phi) is 5.66. The van der Waals surface area contributed by atoms with E-state index in [9.17, 15) is 13.6 Å². The number of hydrogen-bond donors (Lipinski definition) is 1. The molecule has 1 saturated heterocycles. The van der Waals surface area contributed by atoms with Gasteiger partial charge in [-0.3, -0.25) is 4.79 Å². The van der Waals surface area contributed by atoms with E-state index in [1.165, 1.54) is 12.4 Å². The molecule has 3 heterocycles. The predicted octanol–water partition coefficient (Wildman–Crippen LogP) is 4.75. The number of alkyl halides is 2. The van der Waals surface area contributed by atoms with Crippen LogP contribution in [0.5, 0.6) is 0 Å². The number of nitrogens with one attached hydrogen (secondary N) is 1. The van der Waals surface area contributed by atoms with Crippen LogP contribution in [0.3, 0.4) is 0 Å². The van der Waals surface area contributed by atoms with Gasteiger partial charge in [-0.2, -0.15) is 0 Å². The van der Waals surface area contributed by atoms with Gasteiger partial charge in [0.25, 0.3) is 11.8 Å². The third kappa shape index (κ3) is 4.27. The van der Waals surface area contributed by atoms with Crippen molar-refractivity contribution in [3.8, 4) is 0 Å². The summed E-state index contributed by atoms with van der Waals surface area (Å²) in [5.74, 6) is -1.55. The first-order valence-corrected chi connectivity index (χ1v) is 10.6. The Hall–Kier alpha value is -2.64. The molecule has 0 radical (unpaired) electrons. The van der Waals surface area contributed by atoms with Gasteiger partial charge >= 0.3 is 0 Å². The Bertz CT molecular complexity index is 910. The number of halogens is 2. The molecule has 0 bridgehead atoms. The summed E-state index contributed by atoms with van der Waals surface area (Å²) in [5.41, 5.74) is 1.85. The average molecular weight is 415 g/mol. The van der Waals surface area contributed by atoms with Crippen LogP contribution in [0.1, 0.15) is 79.5 Å². The number of nitrogens with zero attached hydrogens (tertiary/aromatic N) is 4. The molecule has 2 aliphatic rings. The van der Waals surface area contributed by atoms with Crippen LogP contribution < -0.4 is 10.2 Å². The second-order valence-corrected chi connectivity index (χ2v) is 8.55. The summed E-state index contributed by atoms with van der Waals surface area (Å²) in [5, 5.41) is 2.96. The van der Waals surface area contributed by atoms with Crippen molar-refractivity contribution in [1.29, 1.82) is 0 Å². The Morgan fingerprint density at radius 2 is 1.90 bits per heavy atom. The van der Waals surface area contributed by atoms with Crippen molar-refractivity contribution in [3.05, 3.63) is 41.6 Å². The second kappa shape index (κ2) is 8.24. The fraction of sp³-hybridized carbons (Fsp3) is 0.545. The lowest BCUT2D eigenvalue weighted by molar-refractivity contribution is 0.0257. The van der Waals surface area contributed by atoms with E-state index in [0.29, 0.717) is 28.8 Å². The van der Waals surface area contributed by atoms with Gasteiger partial charge in [0.1, 0.15) is 5.82 Å². The largest absolute Gasteiger partial charge is 0.349 e. The van der Waals surface area contributed by atoms with Gasteiger partial charge in [0, 0.05) is 37.5 Å². The van der Waals surface area contributed by atoms with Crippen LogP contribution in [0.15, 0.2) is 24.7 Å².